The zero-order valence-corrected chi connectivity index (χ0v) is 17.2. The Labute approximate surface area is 186 Å². The van der Waals surface area contributed by atoms with Gasteiger partial charge in [0, 0.05) is 6.54 Å². The number of aromatic amines is 1. The fourth-order valence-corrected chi connectivity index (χ4v) is 3.38. The van der Waals surface area contributed by atoms with Crippen LogP contribution in [0.1, 0.15) is 11.8 Å². The number of aromatic nitrogens is 4. The molecule has 0 bridgehead atoms. The second kappa shape index (κ2) is 9.77. The summed E-state index contributed by atoms with van der Waals surface area (Å²) in [4.78, 5) is 46.0. The van der Waals surface area contributed by atoms with E-state index < -0.39 is 42.1 Å². The first-order valence-corrected chi connectivity index (χ1v) is 10.1. The lowest BCUT2D eigenvalue weighted by Crippen LogP contribution is -2.43. The van der Waals surface area contributed by atoms with Gasteiger partial charge in [0.05, 0.1) is 19.2 Å². The van der Waals surface area contributed by atoms with E-state index in [1.807, 2.05) is 18.2 Å². The second-order valence-electron chi connectivity index (χ2n) is 7.32. The minimum absolute atomic E-state index is 0.0600. The summed E-state index contributed by atoms with van der Waals surface area (Å²) in [5.74, 6) is -0.540. The topological polar surface area (TPSA) is 181 Å². The van der Waals surface area contributed by atoms with Crippen LogP contribution < -0.4 is 16.2 Å². The van der Waals surface area contributed by atoms with E-state index in [0.717, 1.165) is 5.56 Å². The molecule has 4 rings (SSSR count). The third kappa shape index (κ3) is 5.00. The molecule has 0 aliphatic carbocycles. The molecule has 4 atom stereocenters. The highest BCUT2D eigenvalue weighted by Gasteiger charge is 2.44. The van der Waals surface area contributed by atoms with Crippen molar-refractivity contribution in [3.63, 3.8) is 0 Å². The summed E-state index contributed by atoms with van der Waals surface area (Å²) in [5.41, 5.74) is 0.594. The number of imidazole rings is 1. The maximum atomic E-state index is 12.0. The van der Waals surface area contributed by atoms with Gasteiger partial charge >= 0.3 is 6.09 Å². The van der Waals surface area contributed by atoms with Crippen molar-refractivity contribution in [2.24, 2.45) is 0 Å². The molecule has 1 aliphatic heterocycles. The number of hydrogen-bond donors (Lipinski definition) is 5. The van der Waals surface area contributed by atoms with E-state index >= 15 is 0 Å². The Bertz CT molecular complexity index is 1180. The SMILES string of the molecule is O=C(CNC(=O)OCc1ccccc1)NCC1OC(n2cnc3c(=O)[nH]cnc32)C(O)C1O. The Morgan fingerprint density at radius 3 is 2.73 bits per heavy atom. The number of carbonyl (C=O) groups is 2. The number of H-pyrrole nitrogens is 1. The number of ether oxygens (including phenoxy) is 2. The molecule has 0 saturated carbocycles. The summed E-state index contributed by atoms with van der Waals surface area (Å²) in [5, 5.41) is 25.6. The summed E-state index contributed by atoms with van der Waals surface area (Å²) in [7, 11) is 0. The molecular formula is C20H22N6O7. The molecule has 2 amide bonds. The Morgan fingerprint density at radius 2 is 1.94 bits per heavy atom. The van der Waals surface area contributed by atoms with Gasteiger partial charge in [0.15, 0.2) is 17.4 Å². The van der Waals surface area contributed by atoms with Crippen molar-refractivity contribution in [1.29, 1.82) is 0 Å². The molecule has 13 heteroatoms. The van der Waals surface area contributed by atoms with Crippen LogP contribution in [-0.2, 0) is 20.9 Å². The number of fused-ring (bicyclic) bond motifs is 1. The summed E-state index contributed by atoms with van der Waals surface area (Å²) in [6.45, 7) is -0.407. The van der Waals surface area contributed by atoms with Crippen molar-refractivity contribution in [3.8, 4) is 0 Å². The zero-order chi connectivity index (χ0) is 23.4. The number of rotatable bonds is 7. The Balaban J connectivity index is 1.26. The van der Waals surface area contributed by atoms with Gasteiger partial charge < -0.3 is 35.3 Å². The number of aliphatic hydroxyl groups excluding tert-OH is 2. The van der Waals surface area contributed by atoms with Crippen LogP contribution in [0, 0.1) is 0 Å². The van der Waals surface area contributed by atoms with E-state index in [4.69, 9.17) is 9.47 Å². The molecule has 1 fully saturated rings. The van der Waals surface area contributed by atoms with Crippen LogP contribution in [0.3, 0.4) is 0 Å². The van der Waals surface area contributed by atoms with Crippen molar-refractivity contribution in [2.75, 3.05) is 13.1 Å². The van der Waals surface area contributed by atoms with E-state index in [1.54, 1.807) is 12.1 Å². The minimum Gasteiger partial charge on any atom is -0.445 e. The Morgan fingerprint density at radius 1 is 1.15 bits per heavy atom. The van der Waals surface area contributed by atoms with Crippen molar-refractivity contribution in [3.05, 3.63) is 58.9 Å². The maximum Gasteiger partial charge on any atom is 0.407 e. The highest BCUT2D eigenvalue weighted by Crippen LogP contribution is 2.30. The van der Waals surface area contributed by atoms with Crippen LogP contribution in [0.25, 0.3) is 11.2 Å². The molecule has 2 aromatic heterocycles. The fourth-order valence-electron chi connectivity index (χ4n) is 3.38. The highest BCUT2D eigenvalue weighted by atomic mass is 16.6. The average Bonchev–Trinajstić information content (AvgIpc) is 3.37. The number of nitrogens with zero attached hydrogens (tertiary/aromatic N) is 3. The quantitative estimate of drug-likeness (QED) is 0.290. The van der Waals surface area contributed by atoms with Crippen LogP contribution in [-0.4, -0.2) is 73.1 Å². The summed E-state index contributed by atoms with van der Waals surface area (Å²) in [6.07, 6.45) is -2.97. The summed E-state index contributed by atoms with van der Waals surface area (Å²) >= 11 is 0. The number of nitrogens with one attached hydrogen (secondary N) is 3. The van der Waals surface area contributed by atoms with Gasteiger partial charge in [-0.2, -0.15) is 0 Å². The molecule has 33 heavy (non-hydrogen) atoms. The van der Waals surface area contributed by atoms with Gasteiger partial charge in [-0.1, -0.05) is 30.3 Å². The first-order chi connectivity index (χ1) is 15.9. The number of hydrogen-bond acceptors (Lipinski definition) is 9. The lowest BCUT2D eigenvalue weighted by Gasteiger charge is -2.16. The third-order valence-electron chi connectivity index (χ3n) is 5.08. The number of alkyl carbamates (subject to hydrolysis) is 1. The van der Waals surface area contributed by atoms with Crippen LogP contribution >= 0.6 is 0 Å². The first-order valence-electron chi connectivity index (χ1n) is 10.1. The number of amides is 2. The lowest BCUT2D eigenvalue weighted by molar-refractivity contribution is -0.121. The predicted molar refractivity (Wildman–Crippen MR) is 112 cm³/mol. The molecule has 4 unspecified atom stereocenters. The smallest absolute Gasteiger partial charge is 0.407 e. The minimum atomic E-state index is -1.35. The zero-order valence-electron chi connectivity index (χ0n) is 17.2. The number of carbonyl (C=O) groups excluding carboxylic acids is 2. The van der Waals surface area contributed by atoms with Crippen molar-refractivity contribution in [1.82, 2.24) is 30.2 Å². The van der Waals surface area contributed by atoms with E-state index in [-0.39, 0.29) is 30.9 Å². The molecular weight excluding hydrogens is 436 g/mol. The average molecular weight is 458 g/mol. The van der Waals surface area contributed by atoms with Gasteiger partial charge in [-0.15, -0.1) is 0 Å². The molecule has 174 valence electrons. The van der Waals surface area contributed by atoms with Gasteiger partial charge in [-0.25, -0.2) is 14.8 Å². The third-order valence-corrected chi connectivity index (χ3v) is 5.08. The summed E-state index contributed by atoms with van der Waals surface area (Å²) < 4.78 is 12.0. The van der Waals surface area contributed by atoms with Gasteiger partial charge in [-0.05, 0) is 5.56 Å². The maximum absolute atomic E-state index is 12.0. The number of benzene rings is 1. The van der Waals surface area contributed by atoms with Crippen LogP contribution in [0.4, 0.5) is 4.79 Å². The standard InChI is InChI=1S/C20H22N6O7/c27-13(7-22-20(31)32-8-11-4-2-1-3-5-11)21-6-12-15(28)16(29)19(33-12)26-10-25-14-17(26)23-9-24-18(14)30/h1-5,9-10,12,15-16,19,28-29H,6-8H2,(H,21,27)(H,22,31)(H,23,24,30). The molecule has 1 aliphatic rings. The second-order valence-corrected chi connectivity index (χ2v) is 7.32. The fraction of sp³-hybridized carbons (Fsp3) is 0.350. The lowest BCUT2D eigenvalue weighted by atomic mass is 10.1. The Kier molecular flexibility index (Phi) is 6.63. The van der Waals surface area contributed by atoms with E-state index in [2.05, 4.69) is 25.6 Å². The molecule has 0 spiro atoms. The summed E-state index contributed by atoms with van der Waals surface area (Å²) in [6, 6.07) is 9.08. The number of aliphatic hydroxyl groups is 2. The Hall–Kier alpha value is -3.81. The normalized spacial score (nSPS) is 22.2. The monoisotopic (exact) mass is 458 g/mol. The molecule has 13 nitrogen and oxygen atoms in total. The van der Waals surface area contributed by atoms with Gasteiger partial charge in [0.1, 0.15) is 24.9 Å². The van der Waals surface area contributed by atoms with E-state index in [1.165, 1.54) is 17.2 Å². The largest absolute Gasteiger partial charge is 0.445 e. The van der Waals surface area contributed by atoms with Crippen molar-refractivity contribution in [2.45, 2.75) is 31.1 Å². The van der Waals surface area contributed by atoms with E-state index in [0.29, 0.717) is 0 Å². The van der Waals surface area contributed by atoms with Gasteiger partial charge in [-0.3, -0.25) is 14.2 Å². The van der Waals surface area contributed by atoms with Crippen molar-refractivity contribution >= 4 is 23.2 Å². The van der Waals surface area contributed by atoms with Crippen molar-refractivity contribution < 1.29 is 29.3 Å². The highest BCUT2D eigenvalue weighted by molar-refractivity contribution is 5.82. The van der Waals surface area contributed by atoms with E-state index in [9.17, 15) is 24.6 Å². The molecule has 5 N–H and O–H groups in total. The molecule has 3 heterocycles. The molecule has 1 saturated heterocycles. The van der Waals surface area contributed by atoms with Gasteiger partial charge in [0.25, 0.3) is 5.56 Å². The first kappa shape index (κ1) is 22.4. The van der Waals surface area contributed by atoms with Crippen LogP contribution in [0.2, 0.25) is 0 Å². The van der Waals surface area contributed by atoms with Crippen LogP contribution in [0.15, 0.2) is 47.8 Å². The predicted octanol–water partition coefficient (Wildman–Crippen LogP) is -1.22. The van der Waals surface area contributed by atoms with Gasteiger partial charge in [0.2, 0.25) is 5.91 Å². The molecule has 1 aromatic carbocycles. The molecule has 3 aromatic rings. The van der Waals surface area contributed by atoms with Crippen LogP contribution in [0.5, 0.6) is 0 Å². The molecule has 0 radical (unpaired) electrons.